The molecule has 10 heteroatoms. The number of nitrogens with zero attached hydrogens (tertiary/aromatic N) is 3. The van der Waals surface area contributed by atoms with Crippen molar-refractivity contribution in [2.24, 2.45) is 5.92 Å². The minimum atomic E-state index is -3.50. The van der Waals surface area contributed by atoms with Gasteiger partial charge in [0.2, 0.25) is 21.8 Å². The highest BCUT2D eigenvalue weighted by Gasteiger charge is 2.31. The minimum Gasteiger partial charge on any atom is -0.347 e. The molecule has 146 valence electrons. The molecule has 2 heterocycles. The Morgan fingerprint density at radius 2 is 1.96 bits per heavy atom. The maximum Gasteiger partial charge on any atom is 0.246 e. The van der Waals surface area contributed by atoms with Gasteiger partial charge in [-0.25, -0.2) is 17.1 Å². The molecule has 1 aliphatic heterocycles. The van der Waals surface area contributed by atoms with E-state index >= 15 is 0 Å². The zero-order valence-electron chi connectivity index (χ0n) is 14.9. The maximum absolute atomic E-state index is 13.0. The molecule has 1 amide bonds. The Morgan fingerprint density at radius 1 is 1.30 bits per heavy atom. The number of carbonyl (C=O) groups excluding carboxylic acids is 1. The third kappa shape index (κ3) is 5.10. The Morgan fingerprint density at radius 3 is 2.56 bits per heavy atom. The van der Waals surface area contributed by atoms with E-state index in [1.165, 1.54) is 28.6 Å². The van der Waals surface area contributed by atoms with Gasteiger partial charge in [-0.15, -0.1) is 0 Å². The Kier molecular flexibility index (Phi) is 5.85. The van der Waals surface area contributed by atoms with Crippen molar-refractivity contribution in [3.05, 3.63) is 47.4 Å². The van der Waals surface area contributed by atoms with Crippen molar-refractivity contribution in [3.8, 4) is 0 Å². The second-order valence-electron chi connectivity index (χ2n) is 6.51. The van der Waals surface area contributed by atoms with E-state index in [2.05, 4.69) is 15.5 Å². The van der Waals surface area contributed by atoms with Gasteiger partial charge in [-0.05, 0) is 37.5 Å². The standard InChI is InChI=1S/C17H21FN4O4S/c1-12-20-16(26-21-12)10-19-17(23)14-6-8-22(9-7-14)27(24,25)11-13-2-4-15(18)5-3-13/h2-5,14H,6-11H2,1H3,(H,19,23). The summed E-state index contributed by atoms with van der Waals surface area (Å²) in [6.07, 6.45) is 0.884. The molecule has 1 aliphatic rings. The predicted octanol–water partition coefficient (Wildman–Crippen LogP) is 1.38. The van der Waals surface area contributed by atoms with Gasteiger partial charge in [0.25, 0.3) is 0 Å². The lowest BCUT2D eigenvalue weighted by Crippen LogP contribution is -2.43. The first-order chi connectivity index (χ1) is 12.8. The van der Waals surface area contributed by atoms with Crippen molar-refractivity contribution in [3.63, 3.8) is 0 Å². The first-order valence-corrected chi connectivity index (χ1v) is 10.2. The summed E-state index contributed by atoms with van der Waals surface area (Å²) in [4.78, 5) is 16.3. The van der Waals surface area contributed by atoms with E-state index in [-0.39, 0.29) is 37.2 Å². The fourth-order valence-corrected chi connectivity index (χ4v) is 4.56. The Labute approximate surface area is 156 Å². The van der Waals surface area contributed by atoms with E-state index in [1.54, 1.807) is 6.92 Å². The summed E-state index contributed by atoms with van der Waals surface area (Å²) in [6.45, 7) is 2.40. The lowest BCUT2D eigenvalue weighted by atomic mass is 9.97. The normalized spacial score (nSPS) is 16.4. The van der Waals surface area contributed by atoms with Gasteiger partial charge in [0, 0.05) is 19.0 Å². The van der Waals surface area contributed by atoms with Crippen LogP contribution in [0.4, 0.5) is 4.39 Å². The van der Waals surface area contributed by atoms with Crippen LogP contribution in [0.15, 0.2) is 28.8 Å². The summed E-state index contributed by atoms with van der Waals surface area (Å²) in [5.41, 5.74) is 0.533. The summed E-state index contributed by atoms with van der Waals surface area (Å²) >= 11 is 0. The van der Waals surface area contributed by atoms with Gasteiger partial charge in [-0.2, -0.15) is 4.98 Å². The Balaban J connectivity index is 1.49. The Hall–Kier alpha value is -2.33. The number of hydrogen-bond donors (Lipinski definition) is 1. The number of nitrogens with one attached hydrogen (secondary N) is 1. The number of carbonyl (C=O) groups is 1. The molecule has 0 saturated carbocycles. The van der Waals surface area contributed by atoms with Crippen LogP contribution in [0.25, 0.3) is 0 Å². The van der Waals surface area contributed by atoms with E-state index in [9.17, 15) is 17.6 Å². The number of benzene rings is 1. The molecule has 0 bridgehead atoms. The van der Waals surface area contributed by atoms with Gasteiger partial charge in [0.15, 0.2) is 5.82 Å². The quantitative estimate of drug-likeness (QED) is 0.791. The van der Waals surface area contributed by atoms with Gasteiger partial charge >= 0.3 is 0 Å². The average molecular weight is 396 g/mol. The van der Waals surface area contributed by atoms with Crippen LogP contribution in [-0.2, 0) is 27.1 Å². The van der Waals surface area contributed by atoms with Crippen molar-refractivity contribution in [2.75, 3.05) is 13.1 Å². The molecule has 0 aliphatic carbocycles. The number of sulfonamides is 1. The van der Waals surface area contributed by atoms with Crippen LogP contribution >= 0.6 is 0 Å². The summed E-state index contributed by atoms with van der Waals surface area (Å²) in [5.74, 6) is -0.161. The molecule has 0 spiro atoms. The Bertz CT molecular complexity index is 890. The fourth-order valence-electron chi connectivity index (χ4n) is 3.00. The van der Waals surface area contributed by atoms with Gasteiger partial charge in [-0.1, -0.05) is 17.3 Å². The van der Waals surface area contributed by atoms with E-state index < -0.39 is 15.8 Å². The largest absolute Gasteiger partial charge is 0.347 e. The molecule has 0 unspecified atom stereocenters. The van der Waals surface area contributed by atoms with Crippen molar-refractivity contribution < 1.29 is 22.1 Å². The average Bonchev–Trinajstić information content (AvgIpc) is 3.07. The van der Waals surface area contributed by atoms with Crippen molar-refractivity contribution in [1.29, 1.82) is 0 Å². The predicted molar refractivity (Wildman–Crippen MR) is 94.2 cm³/mol. The van der Waals surface area contributed by atoms with Crippen LogP contribution in [0, 0.1) is 18.7 Å². The van der Waals surface area contributed by atoms with E-state index in [0.717, 1.165) is 0 Å². The van der Waals surface area contributed by atoms with Crippen molar-refractivity contribution >= 4 is 15.9 Å². The molecular weight excluding hydrogens is 375 g/mol. The molecule has 0 radical (unpaired) electrons. The molecule has 1 fully saturated rings. The lowest BCUT2D eigenvalue weighted by Gasteiger charge is -2.30. The molecule has 2 aromatic rings. The summed E-state index contributed by atoms with van der Waals surface area (Å²) < 4.78 is 44.4. The highest BCUT2D eigenvalue weighted by atomic mass is 32.2. The zero-order valence-corrected chi connectivity index (χ0v) is 15.7. The van der Waals surface area contributed by atoms with Crippen LogP contribution in [0.5, 0.6) is 0 Å². The molecule has 1 N–H and O–H groups in total. The van der Waals surface area contributed by atoms with Gasteiger partial charge in [-0.3, -0.25) is 4.79 Å². The van der Waals surface area contributed by atoms with Crippen LogP contribution < -0.4 is 5.32 Å². The number of hydrogen-bond acceptors (Lipinski definition) is 6. The number of halogens is 1. The molecular formula is C17H21FN4O4S. The van der Waals surface area contributed by atoms with Gasteiger partial charge in [0.1, 0.15) is 5.82 Å². The van der Waals surface area contributed by atoms with E-state index in [1.807, 2.05) is 0 Å². The molecule has 1 aromatic carbocycles. The number of rotatable bonds is 6. The highest BCUT2D eigenvalue weighted by molar-refractivity contribution is 7.88. The summed E-state index contributed by atoms with van der Waals surface area (Å²) in [7, 11) is -3.50. The second-order valence-corrected chi connectivity index (χ2v) is 8.48. The fraction of sp³-hybridized carbons (Fsp3) is 0.471. The van der Waals surface area contributed by atoms with Crippen LogP contribution in [0.2, 0.25) is 0 Å². The van der Waals surface area contributed by atoms with Crippen molar-refractivity contribution in [2.45, 2.75) is 32.1 Å². The van der Waals surface area contributed by atoms with E-state index in [0.29, 0.717) is 30.1 Å². The first kappa shape index (κ1) is 19.4. The monoisotopic (exact) mass is 396 g/mol. The topological polar surface area (TPSA) is 105 Å². The van der Waals surface area contributed by atoms with Crippen LogP contribution in [0.3, 0.4) is 0 Å². The molecule has 1 saturated heterocycles. The van der Waals surface area contributed by atoms with E-state index in [4.69, 9.17) is 4.52 Å². The van der Waals surface area contributed by atoms with Crippen LogP contribution in [-0.4, -0.2) is 41.9 Å². The number of piperidine rings is 1. The van der Waals surface area contributed by atoms with Gasteiger partial charge < -0.3 is 9.84 Å². The SMILES string of the molecule is Cc1noc(CNC(=O)C2CCN(S(=O)(=O)Cc3ccc(F)cc3)CC2)n1. The van der Waals surface area contributed by atoms with Crippen LogP contribution in [0.1, 0.15) is 30.1 Å². The van der Waals surface area contributed by atoms with Crippen molar-refractivity contribution in [1.82, 2.24) is 19.8 Å². The molecule has 0 atom stereocenters. The summed E-state index contributed by atoms with van der Waals surface area (Å²) in [5, 5.41) is 6.39. The number of aromatic nitrogens is 2. The maximum atomic E-state index is 13.0. The molecule has 1 aromatic heterocycles. The summed E-state index contributed by atoms with van der Waals surface area (Å²) in [6, 6.07) is 5.41. The lowest BCUT2D eigenvalue weighted by molar-refractivity contribution is -0.126. The third-order valence-electron chi connectivity index (χ3n) is 4.46. The zero-order chi connectivity index (χ0) is 19.4. The molecule has 27 heavy (non-hydrogen) atoms. The smallest absolute Gasteiger partial charge is 0.246 e. The van der Waals surface area contributed by atoms with Gasteiger partial charge in [0.05, 0.1) is 12.3 Å². The molecule has 3 rings (SSSR count). The molecule has 8 nitrogen and oxygen atoms in total. The number of amides is 1. The number of aryl methyl sites for hydroxylation is 1. The second kappa shape index (κ2) is 8.13. The minimum absolute atomic E-state index is 0.151. The first-order valence-electron chi connectivity index (χ1n) is 8.62. The highest BCUT2D eigenvalue weighted by Crippen LogP contribution is 2.22. The third-order valence-corrected chi connectivity index (χ3v) is 6.31.